The summed E-state index contributed by atoms with van der Waals surface area (Å²) >= 11 is 1.47. The lowest BCUT2D eigenvalue weighted by molar-refractivity contribution is -0.136. The average Bonchev–Trinajstić information content (AvgIpc) is 3.23. The van der Waals surface area contributed by atoms with Crippen molar-refractivity contribution in [3.05, 3.63) is 60.0 Å². The summed E-state index contributed by atoms with van der Waals surface area (Å²) in [6.07, 6.45) is 6.73. The Bertz CT molecular complexity index is 1040. The van der Waals surface area contributed by atoms with Crippen molar-refractivity contribution in [3.8, 4) is 5.82 Å². The van der Waals surface area contributed by atoms with Crippen molar-refractivity contribution in [3.63, 3.8) is 0 Å². The monoisotopic (exact) mass is 351 g/mol. The lowest BCUT2D eigenvalue weighted by atomic mass is 10.1. The molecule has 2 N–H and O–H groups in total. The van der Waals surface area contributed by atoms with Crippen LogP contribution in [0, 0.1) is 0 Å². The van der Waals surface area contributed by atoms with Crippen LogP contribution in [0.5, 0.6) is 0 Å². The summed E-state index contributed by atoms with van der Waals surface area (Å²) in [5.41, 5.74) is 1.63. The Morgan fingerprint density at radius 1 is 1.28 bits per heavy atom. The molecular formula is C17H13N5O2S. The third-order valence-corrected chi connectivity index (χ3v) is 4.36. The van der Waals surface area contributed by atoms with Crippen molar-refractivity contribution in [1.29, 1.82) is 0 Å². The van der Waals surface area contributed by atoms with Crippen molar-refractivity contribution in [2.24, 2.45) is 0 Å². The maximum Gasteiger partial charge on any atom is 0.307 e. The predicted octanol–water partition coefficient (Wildman–Crippen LogP) is 3.25. The zero-order valence-corrected chi connectivity index (χ0v) is 13.8. The van der Waals surface area contributed by atoms with Crippen LogP contribution in [0.3, 0.4) is 0 Å². The molecule has 25 heavy (non-hydrogen) atoms. The van der Waals surface area contributed by atoms with Gasteiger partial charge in [-0.25, -0.2) is 9.97 Å². The van der Waals surface area contributed by atoms with Gasteiger partial charge in [-0.05, 0) is 11.6 Å². The van der Waals surface area contributed by atoms with E-state index in [1.54, 1.807) is 24.8 Å². The summed E-state index contributed by atoms with van der Waals surface area (Å²) in [7, 11) is 0. The molecule has 3 aromatic heterocycles. The molecule has 0 radical (unpaired) electrons. The number of carbonyl (C=O) groups is 1. The minimum atomic E-state index is -0.867. The summed E-state index contributed by atoms with van der Waals surface area (Å²) in [5.74, 6) is 0.313. The molecule has 4 rings (SSSR count). The molecule has 0 aliphatic carbocycles. The molecule has 1 aromatic carbocycles. The SMILES string of the molecule is O=C(O)Cc1cn(-c2cncc(Nc3nccs3)n2)c2ccccc12. The standard InChI is InChI=1S/C17H13N5O2S/c23-16(24)7-11-10-22(13-4-2-1-3-12(11)13)15-9-18-8-14(20-15)21-17-19-5-6-25-17/h1-6,8-10H,7H2,(H,23,24)(H,19,20,21). The van der Waals surface area contributed by atoms with Gasteiger partial charge in [0.25, 0.3) is 0 Å². The number of hydrogen-bond donors (Lipinski definition) is 2. The molecule has 0 fully saturated rings. The van der Waals surface area contributed by atoms with E-state index in [0.717, 1.165) is 21.6 Å². The summed E-state index contributed by atoms with van der Waals surface area (Å²) < 4.78 is 1.85. The number of fused-ring (bicyclic) bond motifs is 1. The van der Waals surface area contributed by atoms with Gasteiger partial charge in [0.1, 0.15) is 0 Å². The van der Waals surface area contributed by atoms with Crippen LogP contribution >= 0.6 is 11.3 Å². The number of aliphatic carboxylic acids is 1. The van der Waals surface area contributed by atoms with Gasteiger partial charge >= 0.3 is 5.97 Å². The highest BCUT2D eigenvalue weighted by molar-refractivity contribution is 7.13. The molecule has 8 heteroatoms. The van der Waals surface area contributed by atoms with E-state index in [-0.39, 0.29) is 6.42 Å². The largest absolute Gasteiger partial charge is 0.481 e. The van der Waals surface area contributed by atoms with Crippen molar-refractivity contribution in [1.82, 2.24) is 19.5 Å². The number of aromatic nitrogens is 4. The molecule has 0 aliphatic rings. The number of benzene rings is 1. The highest BCUT2D eigenvalue weighted by atomic mass is 32.1. The van der Waals surface area contributed by atoms with E-state index in [0.29, 0.717) is 11.6 Å². The van der Waals surface area contributed by atoms with Gasteiger partial charge in [-0.3, -0.25) is 14.3 Å². The molecule has 0 unspecified atom stereocenters. The zero-order valence-electron chi connectivity index (χ0n) is 13.0. The number of thiazole rings is 1. The first-order valence-electron chi connectivity index (χ1n) is 7.50. The Morgan fingerprint density at radius 3 is 2.96 bits per heavy atom. The molecule has 0 saturated heterocycles. The fraction of sp³-hybridized carbons (Fsp3) is 0.0588. The number of anilines is 2. The number of hydrogen-bond acceptors (Lipinski definition) is 6. The number of nitrogens with zero attached hydrogens (tertiary/aromatic N) is 4. The topological polar surface area (TPSA) is 92.9 Å². The number of para-hydroxylation sites is 1. The zero-order chi connectivity index (χ0) is 17.2. The minimum absolute atomic E-state index is 0.0437. The Labute approximate surface area is 146 Å². The molecule has 124 valence electrons. The van der Waals surface area contributed by atoms with Crippen LogP contribution in [-0.4, -0.2) is 30.6 Å². The van der Waals surface area contributed by atoms with Gasteiger partial charge < -0.3 is 10.4 Å². The van der Waals surface area contributed by atoms with Crippen LogP contribution in [0.25, 0.3) is 16.7 Å². The Morgan fingerprint density at radius 2 is 2.16 bits per heavy atom. The molecule has 0 atom stereocenters. The summed E-state index contributed by atoms with van der Waals surface area (Å²) in [5, 5.41) is 15.7. The van der Waals surface area contributed by atoms with E-state index in [1.165, 1.54) is 11.3 Å². The van der Waals surface area contributed by atoms with Crippen molar-refractivity contribution >= 4 is 39.2 Å². The number of rotatable bonds is 5. The number of carboxylic acids is 1. The van der Waals surface area contributed by atoms with Crippen LogP contribution in [0.15, 0.2) is 54.4 Å². The third-order valence-electron chi connectivity index (χ3n) is 3.67. The van der Waals surface area contributed by atoms with Crippen molar-refractivity contribution in [2.45, 2.75) is 6.42 Å². The molecule has 3 heterocycles. The lowest BCUT2D eigenvalue weighted by Crippen LogP contribution is -2.01. The average molecular weight is 351 g/mol. The van der Waals surface area contributed by atoms with E-state index in [2.05, 4.69) is 20.3 Å². The van der Waals surface area contributed by atoms with E-state index in [9.17, 15) is 4.79 Å². The first-order valence-corrected chi connectivity index (χ1v) is 8.38. The molecule has 0 saturated carbocycles. The van der Waals surface area contributed by atoms with E-state index in [1.807, 2.05) is 34.2 Å². The maximum absolute atomic E-state index is 11.1. The van der Waals surface area contributed by atoms with Crippen LogP contribution in [0.2, 0.25) is 0 Å². The molecule has 0 amide bonds. The second kappa shape index (κ2) is 6.33. The van der Waals surface area contributed by atoms with Gasteiger partial charge in [-0.2, -0.15) is 0 Å². The predicted molar refractivity (Wildman–Crippen MR) is 95.6 cm³/mol. The van der Waals surface area contributed by atoms with E-state index >= 15 is 0 Å². The molecule has 0 spiro atoms. The molecule has 0 aliphatic heterocycles. The van der Waals surface area contributed by atoms with Gasteiger partial charge in [0, 0.05) is 23.2 Å². The van der Waals surface area contributed by atoms with Gasteiger partial charge in [0.2, 0.25) is 0 Å². The van der Waals surface area contributed by atoms with E-state index in [4.69, 9.17) is 5.11 Å². The Hall–Kier alpha value is -3.26. The molecular weight excluding hydrogens is 338 g/mol. The van der Waals surface area contributed by atoms with Crippen LogP contribution in [-0.2, 0) is 11.2 Å². The van der Waals surface area contributed by atoms with Crippen LogP contribution in [0.4, 0.5) is 10.9 Å². The maximum atomic E-state index is 11.1. The summed E-state index contributed by atoms with van der Waals surface area (Å²) in [6.45, 7) is 0. The number of nitrogens with one attached hydrogen (secondary N) is 1. The summed E-state index contributed by atoms with van der Waals surface area (Å²) in [4.78, 5) is 24.1. The quantitative estimate of drug-likeness (QED) is 0.573. The highest BCUT2D eigenvalue weighted by Crippen LogP contribution is 2.25. The fourth-order valence-electron chi connectivity index (χ4n) is 2.67. The van der Waals surface area contributed by atoms with Gasteiger partial charge in [0.15, 0.2) is 16.8 Å². The van der Waals surface area contributed by atoms with Crippen LogP contribution in [0.1, 0.15) is 5.56 Å². The normalized spacial score (nSPS) is 10.9. The van der Waals surface area contributed by atoms with Gasteiger partial charge in [-0.1, -0.05) is 18.2 Å². The second-order valence-electron chi connectivity index (χ2n) is 5.34. The molecule has 0 bridgehead atoms. The second-order valence-corrected chi connectivity index (χ2v) is 6.23. The lowest BCUT2D eigenvalue weighted by Gasteiger charge is -2.06. The first kappa shape index (κ1) is 15.3. The smallest absolute Gasteiger partial charge is 0.307 e. The van der Waals surface area contributed by atoms with Crippen LogP contribution < -0.4 is 5.32 Å². The summed E-state index contributed by atoms with van der Waals surface area (Å²) in [6, 6.07) is 7.65. The van der Waals surface area contributed by atoms with Crippen molar-refractivity contribution in [2.75, 3.05) is 5.32 Å². The minimum Gasteiger partial charge on any atom is -0.481 e. The third kappa shape index (κ3) is 3.07. The highest BCUT2D eigenvalue weighted by Gasteiger charge is 2.13. The fourth-order valence-corrected chi connectivity index (χ4v) is 3.21. The molecule has 7 nitrogen and oxygen atoms in total. The van der Waals surface area contributed by atoms with E-state index < -0.39 is 5.97 Å². The van der Waals surface area contributed by atoms with Crippen molar-refractivity contribution < 1.29 is 9.90 Å². The Balaban J connectivity index is 1.78. The Kier molecular flexibility index (Phi) is 3.87. The number of carboxylic acid groups (broad SMARTS) is 1. The first-order chi connectivity index (χ1) is 12.2. The van der Waals surface area contributed by atoms with Gasteiger partial charge in [-0.15, -0.1) is 11.3 Å². The molecule has 4 aromatic rings. The van der Waals surface area contributed by atoms with Gasteiger partial charge in [0.05, 0.1) is 24.3 Å².